The lowest BCUT2D eigenvalue weighted by molar-refractivity contribution is -0.402. The van der Waals surface area contributed by atoms with Crippen molar-refractivity contribution >= 4 is 17.7 Å². The SMILES string of the molecule is CC(NC(=O)c1ccc([N+](=O)[O-])o1)C(=O)NCc1ccco1. The van der Waals surface area contributed by atoms with Crippen LogP contribution in [0.4, 0.5) is 5.88 Å². The van der Waals surface area contributed by atoms with Crippen LogP contribution < -0.4 is 10.6 Å². The van der Waals surface area contributed by atoms with E-state index in [1.807, 2.05) is 0 Å². The number of hydrogen-bond acceptors (Lipinski definition) is 6. The van der Waals surface area contributed by atoms with Crippen molar-refractivity contribution in [2.45, 2.75) is 19.5 Å². The third-order valence-electron chi connectivity index (χ3n) is 2.75. The van der Waals surface area contributed by atoms with Crippen LogP contribution >= 0.6 is 0 Å². The van der Waals surface area contributed by atoms with E-state index in [9.17, 15) is 19.7 Å². The number of hydrogen-bond donors (Lipinski definition) is 2. The zero-order chi connectivity index (χ0) is 16.1. The van der Waals surface area contributed by atoms with Crippen molar-refractivity contribution in [2.24, 2.45) is 0 Å². The largest absolute Gasteiger partial charge is 0.467 e. The van der Waals surface area contributed by atoms with E-state index in [0.29, 0.717) is 5.76 Å². The quantitative estimate of drug-likeness (QED) is 0.610. The van der Waals surface area contributed by atoms with Crippen LogP contribution in [0.15, 0.2) is 39.4 Å². The molecule has 116 valence electrons. The van der Waals surface area contributed by atoms with E-state index >= 15 is 0 Å². The zero-order valence-electron chi connectivity index (χ0n) is 11.6. The van der Waals surface area contributed by atoms with Crippen LogP contribution in [0.25, 0.3) is 0 Å². The lowest BCUT2D eigenvalue weighted by atomic mass is 10.3. The molecule has 0 saturated heterocycles. The fraction of sp³-hybridized carbons (Fsp3) is 0.231. The van der Waals surface area contributed by atoms with Crippen molar-refractivity contribution in [3.63, 3.8) is 0 Å². The maximum atomic E-state index is 11.8. The minimum atomic E-state index is -0.841. The summed E-state index contributed by atoms with van der Waals surface area (Å²) in [5, 5.41) is 15.4. The van der Waals surface area contributed by atoms with Crippen molar-refractivity contribution in [2.75, 3.05) is 0 Å². The van der Waals surface area contributed by atoms with Gasteiger partial charge in [-0.2, -0.15) is 0 Å². The molecule has 1 unspecified atom stereocenters. The first-order valence-electron chi connectivity index (χ1n) is 6.32. The van der Waals surface area contributed by atoms with Crippen LogP contribution in [-0.4, -0.2) is 22.8 Å². The summed E-state index contributed by atoms with van der Waals surface area (Å²) in [7, 11) is 0. The van der Waals surface area contributed by atoms with Crippen LogP contribution in [0.2, 0.25) is 0 Å². The second-order valence-corrected chi connectivity index (χ2v) is 4.39. The Morgan fingerprint density at radius 1 is 1.36 bits per heavy atom. The lowest BCUT2D eigenvalue weighted by Crippen LogP contribution is -2.44. The average molecular weight is 307 g/mol. The summed E-state index contributed by atoms with van der Waals surface area (Å²) in [6, 6.07) is 4.78. The molecule has 22 heavy (non-hydrogen) atoms. The molecule has 0 aliphatic carbocycles. The van der Waals surface area contributed by atoms with Gasteiger partial charge in [0.25, 0.3) is 5.91 Å². The molecule has 0 aromatic carbocycles. The highest BCUT2D eigenvalue weighted by Crippen LogP contribution is 2.15. The fourth-order valence-electron chi connectivity index (χ4n) is 1.62. The van der Waals surface area contributed by atoms with E-state index in [0.717, 1.165) is 6.07 Å². The van der Waals surface area contributed by atoms with Crippen molar-refractivity contribution in [3.05, 3.63) is 52.2 Å². The van der Waals surface area contributed by atoms with Gasteiger partial charge in [0.1, 0.15) is 16.7 Å². The molecule has 9 nitrogen and oxygen atoms in total. The number of carbonyl (C=O) groups is 2. The lowest BCUT2D eigenvalue weighted by Gasteiger charge is -2.12. The molecule has 0 fully saturated rings. The number of nitro groups is 1. The molecule has 0 saturated carbocycles. The summed E-state index contributed by atoms with van der Waals surface area (Å²) in [4.78, 5) is 33.3. The van der Waals surface area contributed by atoms with Gasteiger partial charge < -0.3 is 19.5 Å². The summed E-state index contributed by atoms with van der Waals surface area (Å²) < 4.78 is 9.81. The van der Waals surface area contributed by atoms with Crippen molar-refractivity contribution < 1.29 is 23.3 Å². The maximum Gasteiger partial charge on any atom is 0.433 e. The Morgan fingerprint density at radius 2 is 2.14 bits per heavy atom. The van der Waals surface area contributed by atoms with E-state index in [1.54, 1.807) is 12.1 Å². The minimum Gasteiger partial charge on any atom is -0.467 e. The van der Waals surface area contributed by atoms with Gasteiger partial charge in [0.15, 0.2) is 5.76 Å². The van der Waals surface area contributed by atoms with Crippen LogP contribution in [-0.2, 0) is 11.3 Å². The molecule has 0 radical (unpaired) electrons. The number of nitrogens with one attached hydrogen (secondary N) is 2. The first-order valence-corrected chi connectivity index (χ1v) is 6.32. The Kier molecular flexibility index (Phi) is 4.57. The van der Waals surface area contributed by atoms with Crippen molar-refractivity contribution in [1.82, 2.24) is 10.6 Å². The van der Waals surface area contributed by atoms with Crippen LogP contribution in [0.5, 0.6) is 0 Å². The van der Waals surface area contributed by atoms with Gasteiger partial charge in [0.05, 0.1) is 18.9 Å². The summed E-state index contributed by atoms with van der Waals surface area (Å²) in [5.41, 5.74) is 0. The number of amides is 2. The van der Waals surface area contributed by atoms with Gasteiger partial charge in [0, 0.05) is 0 Å². The van der Waals surface area contributed by atoms with Crippen LogP contribution in [0.1, 0.15) is 23.2 Å². The van der Waals surface area contributed by atoms with Gasteiger partial charge in [-0.25, -0.2) is 0 Å². The highest BCUT2D eigenvalue weighted by molar-refractivity contribution is 5.95. The topological polar surface area (TPSA) is 128 Å². The second-order valence-electron chi connectivity index (χ2n) is 4.39. The Morgan fingerprint density at radius 3 is 2.73 bits per heavy atom. The van der Waals surface area contributed by atoms with E-state index in [-0.39, 0.29) is 12.3 Å². The third-order valence-corrected chi connectivity index (χ3v) is 2.75. The predicted octanol–water partition coefficient (Wildman–Crippen LogP) is 1.22. The molecule has 9 heteroatoms. The summed E-state index contributed by atoms with van der Waals surface area (Å²) in [5.74, 6) is -1.34. The molecule has 0 spiro atoms. The van der Waals surface area contributed by atoms with E-state index < -0.39 is 28.7 Å². The zero-order valence-corrected chi connectivity index (χ0v) is 11.6. The molecule has 1 atom stereocenters. The average Bonchev–Trinajstić information content (AvgIpc) is 3.15. The summed E-state index contributed by atoms with van der Waals surface area (Å²) in [6.07, 6.45) is 1.48. The molecule has 0 bridgehead atoms. The van der Waals surface area contributed by atoms with Gasteiger partial charge in [0.2, 0.25) is 5.91 Å². The minimum absolute atomic E-state index is 0.193. The first kappa shape index (κ1) is 15.3. The van der Waals surface area contributed by atoms with Gasteiger partial charge in [-0.05, 0) is 25.1 Å². The number of rotatable bonds is 6. The first-order chi connectivity index (χ1) is 10.5. The van der Waals surface area contributed by atoms with E-state index in [4.69, 9.17) is 8.83 Å². The van der Waals surface area contributed by atoms with Crippen molar-refractivity contribution in [3.8, 4) is 0 Å². The van der Waals surface area contributed by atoms with Gasteiger partial charge in [-0.3, -0.25) is 19.7 Å². The monoisotopic (exact) mass is 307 g/mol. The highest BCUT2D eigenvalue weighted by Gasteiger charge is 2.21. The van der Waals surface area contributed by atoms with Gasteiger partial charge in [-0.1, -0.05) is 0 Å². The molecule has 2 amide bonds. The Hall–Kier alpha value is -3.10. The van der Waals surface area contributed by atoms with Crippen molar-refractivity contribution in [1.29, 1.82) is 0 Å². The molecule has 2 rings (SSSR count). The normalized spacial score (nSPS) is 11.7. The van der Waals surface area contributed by atoms with E-state index in [1.165, 1.54) is 19.3 Å². The van der Waals surface area contributed by atoms with Gasteiger partial charge in [-0.15, -0.1) is 0 Å². The molecular weight excluding hydrogens is 294 g/mol. The number of nitrogens with zero attached hydrogens (tertiary/aromatic N) is 1. The summed E-state index contributed by atoms with van der Waals surface area (Å²) >= 11 is 0. The Labute approximate surface area is 124 Å². The van der Waals surface area contributed by atoms with Crippen LogP contribution in [0, 0.1) is 10.1 Å². The molecule has 2 N–H and O–H groups in total. The number of carbonyl (C=O) groups excluding carboxylic acids is 2. The predicted molar refractivity (Wildman–Crippen MR) is 72.8 cm³/mol. The molecule has 2 aromatic rings. The molecule has 2 aromatic heterocycles. The second kappa shape index (κ2) is 6.57. The van der Waals surface area contributed by atoms with E-state index in [2.05, 4.69) is 10.6 Å². The molecule has 2 heterocycles. The fourth-order valence-corrected chi connectivity index (χ4v) is 1.62. The maximum absolute atomic E-state index is 11.8. The Balaban J connectivity index is 1.86. The van der Waals surface area contributed by atoms with Gasteiger partial charge >= 0.3 is 5.88 Å². The van der Waals surface area contributed by atoms with Crippen LogP contribution in [0.3, 0.4) is 0 Å². The molecular formula is C13H13N3O6. The summed E-state index contributed by atoms with van der Waals surface area (Å²) in [6.45, 7) is 1.67. The Bertz CT molecular complexity index is 676. The molecule has 0 aliphatic heterocycles. The number of furan rings is 2. The third kappa shape index (κ3) is 3.72. The standard InChI is InChI=1S/C13H13N3O6/c1-8(12(17)14-7-9-3-2-6-21-9)15-13(18)10-4-5-11(22-10)16(19)20/h2-6,8H,7H2,1H3,(H,14,17)(H,15,18). The highest BCUT2D eigenvalue weighted by atomic mass is 16.6. The smallest absolute Gasteiger partial charge is 0.433 e. The molecule has 0 aliphatic rings.